The summed E-state index contributed by atoms with van der Waals surface area (Å²) in [7, 11) is 0. The lowest BCUT2D eigenvalue weighted by Gasteiger charge is -1.96. The Kier molecular flexibility index (Phi) is 3.30. The van der Waals surface area contributed by atoms with Crippen molar-refractivity contribution in [3.05, 3.63) is 52.4 Å². The van der Waals surface area contributed by atoms with Crippen LogP contribution >= 0.6 is 0 Å². The fraction of sp³-hybridized carbons (Fsp3) is 0. The minimum absolute atomic E-state index is 0.332. The summed E-state index contributed by atoms with van der Waals surface area (Å²) in [5, 5.41) is 3.39. The molecule has 0 N–H and O–H groups in total. The van der Waals surface area contributed by atoms with Crippen molar-refractivity contribution < 1.29 is 4.79 Å². The van der Waals surface area contributed by atoms with Gasteiger partial charge in [-0.25, -0.2) is 0 Å². The van der Waals surface area contributed by atoms with Crippen molar-refractivity contribution in [2.24, 2.45) is 5.11 Å². The molecule has 0 amide bonds. The lowest BCUT2D eigenvalue weighted by Crippen LogP contribution is -1.79. The van der Waals surface area contributed by atoms with Gasteiger partial charge in [-0.05, 0) is 17.2 Å². The average Bonchev–Trinajstić information content (AvgIpc) is 2.19. The second-order valence-corrected chi connectivity index (χ2v) is 2.24. The highest BCUT2D eigenvalue weighted by Crippen LogP contribution is 2.14. The summed E-state index contributed by atoms with van der Waals surface area (Å²) in [6.45, 7) is 0. The minimum Gasteiger partial charge on any atom is -0.299 e. The van der Waals surface area contributed by atoms with E-state index in [2.05, 4.69) is 10.0 Å². The predicted octanol–water partition coefficient (Wildman–Crippen LogP) is 2.54. The molecule has 0 aliphatic carbocycles. The summed E-state index contributed by atoms with van der Waals surface area (Å²) in [5.74, 6) is 0. The molecule has 64 valence electrons. The zero-order valence-corrected chi connectivity index (χ0v) is 6.79. The molecule has 1 aromatic rings. The van der Waals surface area contributed by atoms with Crippen molar-refractivity contribution in [1.82, 2.24) is 0 Å². The average molecular weight is 173 g/mol. The van der Waals surface area contributed by atoms with Crippen LogP contribution in [0, 0.1) is 0 Å². The van der Waals surface area contributed by atoms with Gasteiger partial charge in [-0.3, -0.25) is 4.79 Å². The van der Waals surface area contributed by atoms with Gasteiger partial charge in [0.1, 0.15) is 6.29 Å². The smallest absolute Gasteiger partial charge is 0.143 e. The van der Waals surface area contributed by atoms with E-state index in [0.29, 0.717) is 12.0 Å². The van der Waals surface area contributed by atoms with E-state index >= 15 is 0 Å². The Morgan fingerprint density at radius 3 is 2.62 bits per heavy atom. The molecule has 0 saturated heterocycles. The highest BCUT2D eigenvalue weighted by atomic mass is 16.1. The Morgan fingerprint density at radius 1 is 1.38 bits per heavy atom. The number of aldehydes is 1. The summed E-state index contributed by atoms with van der Waals surface area (Å²) in [5.41, 5.74) is 9.29. The number of carbonyl (C=O) groups excluding carboxylic acids is 1. The van der Waals surface area contributed by atoms with Crippen LogP contribution in [0.2, 0.25) is 0 Å². The molecule has 0 aliphatic heterocycles. The lowest BCUT2D eigenvalue weighted by atomic mass is 10.1. The molecule has 4 nitrogen and oxygen atoms in total. The van der Waals surface area contributed by atoms with Crippen molar-refractivity contribution in [2.75, 3.05) is 0 Å². The molecule has 13 heavy (non-hydrogen) atoms. The van der Waals surface area contributed by atoms with Crippen LogP contribution in [-0.4, -0.2) is 6.29 Å². The molecule has 0 bridgehead atoms. The molecule has 0 spiro atoms. The van der Waals surface area contributed by atoms with E-state index in [9.17, 15) is 4.79 Å². The van der Waals surface area contributed by atoms with E-state index in [4.69, 9.17) is 5.53 Å². The van der Waals surface area contributed by atoms with Crippen LogP contribution in [0.15, 0.2) is 41.5 Å². The van der Waals surface area contributed by atoms with Gasteiger partial charge in [0.15, 0.2) is 0 Å². The monoisotopic (exact) mass is 173 g/mol. The predicted molar refractivity (Wildman–Crippen MR) is 49.6 cm³/mol. The van der Waals surface area contributed by atoms with Crippen LogP contribution in [0.25, 0.3) is 16.1 Å². The van der Waals surface area contributed by atoms with Crippen molar-refractivity contribution >= 4 is 12.0 Å². The third-order valence-electron chi connectivity index (χ3n) is 1.45. The third kappa shape index (κ3) is 2.47. The van der Waals surface area contributed by atoms with E-state index in [0.717, 1.165) is 5.56 Å². The zero-order valence-electron chi connectivity index (χ0n) is 6.79. The van der Waals surface area contributed by atoms with Gasteiger partial charge in [0.25, 0.3) is 0 Å². The van der Waals surface area contributed by atoms with Gasteiger partial charge in [-0.2, -0.15) is 0 Å². The van der Waals surface area contributed by atoms with Crippen LogP contribution in [0.1, 0.15) is 5.56 Å². The Bertz CT molecular complexity index is 364. The van der Waals surface area contributed by atoms with Crippen LogP contribution in [0.5, 0.6) is 0 Å². The van der Waals surface area contributed by atoms with Gasteiger partial charge in [-0.1, -0.05) is 35.4 Å². The Balaban J connectivity index is 3.10. The summed E-state index contributed by atoms with van der Waals surface area (Å²) in [6.07, 6.45) is 1.83. The van der Waals surface area contributed by atoms with E-state index in [1.807, 2.05) is 6.07 Å². The Labute approximate surface area is 75.1 Å². The first-order chi connectivity index (χ1) is 6.38. The third-order valence-corrected chi connectivity index (χ3v) is 1.45. The first kappa shape index (κ1) is 9.03. The fourth-order valence-electron chi connectivity index (χ4n) is 0.909. The maximum absolute atomic E-state index is 10.2. The second-order valence-electron chi connectivity index (χ2n) is 2.24. The molecule has 0 radical (unpaired) electrons. The fourth-order valence-corrected chi connectivity index (χ4v) is 0.909. The number of nitrogens with zero attached hydrogens (tertiary/aromatic N) is 3. The first-order valence-corrected chi connectivity index (χ1v) is 3.64. The molecule has 0 fully saturated rings. The maximum atomic E-state index is 10.2. The second kappa shape index (κ2) is 4.74. The molecule has 4 heteroatoms. The number of rotatable bonds is 3. The molecular weight excluding hydrogens is 166 g/mol. The lowest BCUT2D eigenvalue weighted by molar-refractivity contribution is -0.104. The van der Waals surface area contributed by atoms with Gasteiger partial charge in [0.05, 0.1) is 0 Å². The molecule has 0 unspecified atom stereocenters. The van der Waals surface area contributed by atoms with E-state index in [1.54, 1.807) is 24.3 Å². The molecular formula is C9H7N3O. The number of hydrogen-bond donors (Lipinski definition) is 0. The highest BCUT2D eigenvalue weighted by molar-refractivity contribution is 5.80. The largest absolute Gasteiger partial charge is 0.299 e. The molecule has 1 rings (SSSR count). The summed E-state index contributed by atoms with van der Waals surface area (Å²) in [6, 6.07) is 8.99. The van der Waals surface area contributed by atoms with Gasteiger partial charge in [0, 0.05) is 10.6 Å². The van der Waals surface area contributed by atoms with Gasteiger partial charge >= 0.3 is 0 Å². The van der Waals surface area contributed by atoms with Crippen molar-refractivity contribution in [3.8, 4) is 0 Å². The number of benzene rings is 1. The topological polar surface area (TPSA) is 65.8 Å². The number of allylic oxidation sites excluding steroid dienone is 1. The van der Waals surface area contributed by atoms with Gasteiger partial charge in [0.2, 0.25) is 0 Å². The Hall–Kier alpha value is -2.06. The summed E-state index contributed by atoms with van der Waals surface area (Å²) < 4.78 is 0. The van der Waals surface area contributed by atoms with E-state index in [1.165, 1.54) is 6.08 Å². The minimum atomic E-state index is 0.332. The standard InChI is InChI=1S/C9H7N3O/c10-12-11-9(6-7-13)8-4-2-1-3-5-8/h1-7H. The van der Waals surface area contributed by atoms with Crippen LogP contribution in [0.4, 0.5) is 0 Å². The Morgan fingerprint density at radius 2 is 2.08 bits per heavy atom. The van der Waals surface area contributed by atoms with Crippen molar-refractivity contribution in [3.63, 3.8) is 0 Å². The molecule has 0 aliphatic rings. The van der Waals surface area contributed by atoms with Gasteiger partial charge < -0.3 is 0 Å². The van der Waals surface area contributed by atoms with E-state index < -0.39 is 0 Å². The summed E-state index contributed by atoms with van der Waals surface area (Å²) in [4.78, 5) is 12.8. The molecule has 0 atom stereocenters. The van der Waals surface area contributed by atoms with Crippen LogP contribution in [-0.2, 0) is 4.79 Å². The SMILES string of the molecule is [N-]=[N+]=NC(=CC=O)c1ccccc1. The summed E-state index contributed by atoms with van der Waals surface area (Å²) >= 11 is 0. The van der Waals surface area contributed by atoms with Crippen LogP contribution < -0.4 is 0 Å². The molecule has 1 aromatic carbocycles. The van der Waals surface area contributed by atoms with Crippen molar-refractivity contribution in [1.29, 1.82) is 0 Å². The molecule has 0 aromatic heterocycles. The van der Waals surface area contributed by atoms with Gasteiger partial charge in [-0.15, -0.1) is 0 Å². The van der Waals surface area contributed by atoms with Crippen molar-refractivity contribution in [2.45, 2.75) is 0 Å². The number of hydrogen-bond acceptors (Lipinski definition) is 2. The molecule has 0 heterocycles. The maximum Gasteiger partial charge on any atom is 0.143 e. The van der Waals surface area contributed by atoms with E-state index in [-0.39, 0.29) is 0 Å². The molecule has 0 saturated carbocycles. The first-order valence-electron chi connectivity index (χ1n) is 3.64. The normalized spacial score (nSPS) is 10.3. The van der Waals surface area contributed by atoms with Crippen LogP contribution in [0.3, 0.4) is 0 Å². The highest BCUT2D eigenvalue weighted by Gasteiger charge is 1.95. The zero-order chi connectivity index (χ0) is 9.52. The number of carbonyl (C=O) groups is 1. The number of azide groups is 1. The quantitative estimate of drug-likeness (QED) is 0.228.